The fraction of sp³-hybridized carbons (Fsp3) is 0.304. The first-order valence-electron chi connectivity index (χ1n) is 10.0. The van der Waals surface area contributed by atoms with E-state index in [0.717, 1.165) is 0 Å². The van der Waals surface area contributed by atoms with Crippen molar-refractivity contribution in [2.75, 3.05) is 32.8 Å². The number of amides is 2. The van der Waals surface area contributed by atoms with Crippen LogP contribution >= 0.6 is 0 Å². The zero-order chi connectivity index (χ0) is 24.2. The third-order valence-corrected chi connectivity index (χ3v) is 4.58. The average Bonchev–Trinajstić information content (AvgIpc) is 2.84. The van der Waals surface area contributed by atoms with Crippen LogP contribution in [0.1, 0.15) is 18.6 Å². The monoisotopic (exact) mass is 460 g/mol. The molecular weight excluding hydrogens is 432 g/mol. The Morgan fingerprint density at radius 3 is 2.21 bits per heavy atom. The summed E-state index contributed by atoms with van der Waals surface area (Å²) in [6, 6.07) is 13.4. The summed E-state index contributed by atoms with van der Waals surface area (Å²) in [5.74, 6) is 0.443. The summed E-state index contributed by atoms with van der Waals surface area (Å²) in [5.41, 5.74) is 2.78. The Morgan fingerprint density at radius 2 is 1.67 bits per heavy atom. The van der Waals surface area contributed by atoms with Gasteiger partial charge in [-0.3, -0.25) is 15.3 Å². The molecule has 0 aromatic heterocycles. The number of ether oxygens (including phenoxy) is 4. The zero-order valence-electron chi connectivity index (χ0n) is 18.6. The number of rotatable bonds is 11. The molecule has 0 bridgehead atoms. The minimum Gasteiger partial charge on any atom is -0.497 e. The van der Waals surface area contributed by atoms with Crippen LogP contribution in [-0.2, 0) is 14.3 Å². The maximum Gasteiger partial charge on any atom is 0.412 e. The van der Waals surface area contributed by atoms with Crippen molar-refractivity contribution in [3.05, 3.63) is 65.7 Å². The number of hydrogen-bond donors (Lipinski definition) is 4. The van der Waals surface area contributed by atoms with Gasteiger partial charge >= 0.3 is 6.09 Å². The summed E-state index contributed by atoms with van der Waals surface area (Å²) >= 11 is 0. The topological polar surface area (TPSA) is 136 Å². The highest BCUT2D eigenvalue weighted by molar-refractivity contribution is 5.92. The molecule has 0 aliphatic rings. The molecule has 0 heterocycles. The summed E-state index contributed by atoms with van der Waals surface area (Å²) < 4.78 is 21.6. The average molecular weight is 460 g/mol. The van der Waals surface area contributed by atoms with Crippen molar-refractivity contribution < 1.29 is 38.9 Å². The van der Waals surface area contributed by atoms with Crippen LogP contribution in [-0.4, -0.2) is 55.9 Å². The molecule has 0 radical (unpaired) electrons. The molecule has 2 aromatic rings. The van der Waals surface area contributed by atoms with E-state index in [0.29, 0.717) is 22.7 Å². The van der Waals surface area contributed by atoms with E-state index in [4.69, 9.17) is 29.3 Å². The van der Waals surface area contributed by atoms with Crippen LogP contribution in [0.3, 0.4) is 0 Å². The number of nitrogens with one attached hydrogen (secondary N) is 2. The van der Waals surface area contributed by atoms with Crippen LogP contribution in [0, 0.1) is 0 Å². The smallest absolute Gasteiger partial charge is 0.412 e. The predicted molar refractivity (Wildman–Crippen MR) is 119 cm³/mol. The van der Waals surface area contributed by atoms with E-state index < -0.39 is 24.2 Å². The third-order valence-electron chi connectivity index (χ3n) is 4.58. The number of aliphatic hydroxyl groups is 1. The minimum absolute atomic E-state index is 0.123. The van der Waals surface area contributed by atoms with E-state index in [-0.39, 0.29) is 18.8 Å². The quantitative estimate of drug-likeness (QED) is 0.228. The molecular formula is C23H28N2O8. The van der Waals surface area contributed by atoms with Gasteiger partial charge < -0.3 is 24.1 Å². The normalized spacial score (nSPS) is 12.9. The van der Waals surface area contributed by atoms with Crippen molar-refractivity contribution in [1.82, 2.24) is 5.48 Å². The Hall–Kier alpha value is -3.60. The lowest BCUT2D eigenvalue weighted by atomic mass is 10.0. The Balaban J connectivity index is 2.28. The first-order chi connectivity index (χ1) is 15.9. The first kappa shape index (κ1) is 25.7. The molecule has 10 heteroatoms. The van der Waals surface area contributed by atoms with Crippen molar-refractivity contribution in [3.63, 3.8) is 0 Å². The SMILES string of the molecule is COc1ccc(NC(=O)O[C@H](c2ccc(OCCO)cc2)[C@@H](/C=C(\C)C(=O)NO)OC)cc1. The highest BCUT2D eigenvalue weighted by Gasteiger charge is 2.27. The maximum atomic E-state index is 12.6. The van der Waals surface area contributed by atoms with Gasteiger partial charge in [-0.25, -0.2) is 10.3 Å². The second-order valence-corrected chi connectivity index (χ2v) is 6.81. The van der Waals surface area contributed by atoms with Crippen molar-refractivity contribution in [2.24, 2.45) is 0 Å². The molecule has 0 fully saturated rings. The number of carbonyl (C=O) groups excluding carboxylic acids is 2. The Bertz CT molecular complexity index is 928. The molecule has 33 heavy (non-hydrogen) atoms. The Kier molecular flexibility index (Phi) is 10.2. The van der Waals surface area contributed by atoms with Crippen LogP contribution in [0.25, 0.3) is 0 Å². The third kappa shape index (κ3) is 7.79. The maximum absolute atomic E-state index is 12.6. The van der Waals surface area contributed by atoms with E-state index in [1.807, 2.05) is 0 Å². The lowest BCUT2D eigenvalue weighted by Gasteiger charge is -2.25. The van der Waals surface area contributed by atoms with E-state index in [1.54, 1.807) is 61.1 Å². The Labute approximate surface area is 191 Å². The zero-order valence-corrected chi connectivity index (χ0v) is 18.6. The van der Waals surface area contributed by atoms with Gasteiger partial charge in [0.05, 0.1) is 13.7 Å². The number of hydroxylamine groups is 1. The number of carbonyl (C=O) groups is 2. The largest absolute Gasteiger partial charge is 0.497 e. The highest BCUT2D eigenvalue weighted by atomic mass is 16.6. The number of hydrogen-bond acceptors (Lipinski definition) is 8. The van der Waals surface area contributed by atoms with E-state index in [9.17, 15) is 9.59 Å². The number of benzene rings is 2. The summed E-state index contributed by atoms with van der Waals surface area (Å²) in [6.07, 6.45) is -1.10. The van der Waals surface area contributed by atoms with E-state index in [1.165, 1.54) is 20.1 Å². The highest BCUT2D eigenvalue weighted by Crippen LogP contribution is 2.28. The summed E-state index contributed by atoms with van der Waals surface area (Å²) in [7, 11) is 2.95. The summed E-state index contributed by atoms with van der Waals surface area (Å²) in [4.78, 5) is 24.4. The minimum atomic E-state index is -0.943. The molecule has 0 spiro atoms. The molecule has 0 aliphatic heterocycles. The van der Waals surface area contributed by atoms with Crippen molar-refractivity contribution in [2.45, 2.75) is 19.1 Å². The van der Waals surface area contributed by atoms with Gasteiger partial charge in [0.15, 0.2) is 6.10 Å². The molecule has 0 saturated heterocycles. The van der Waals surface area contributed by atoms with Crippen LogP contribution < -0.4 is 20.3 Å². The van der Waals surface area contributed by atoms with Gasteiger partial charge in [0.1, 0.15) is 24.2 Å². The van der Waals surface area contributed by atoms with Gasteiger partial charge in [-0.1, -0.05) is 12.1 Å². The lowest BCUT2D eigenvalue weighted by molar-refractivity contribution is -0.125. The van der Waals surface area contributed by atoms with Crippen molar-refractivity contribution >= 4 is 17.7 Å². The molecule has 10 nitrogen and oxygen atoms in total. The van der Waals surface area contributed by atoms with Gasteiger partial charge in [0, 0.05) is 18.4 Å². The molecule has 4 N–H and O–H groups in total. The van der Waals surface area contributed by atoms with E-state index in [2.05, 4.69) is 5.32 Å². The van der Waals surface area contributed by atoms with Crippen molar-refractivity contribution in [1.29, 1.82) is 0 Å². The fourth-order valence-corrected chi connectivity index (χ4v) is 2.87. The van der Waals surface area contributed by atoms with Crippen LogP contribution in [0.15, 0.2) is 60.2 Å². The number of anilines is 1. The second kappa shape index (κ2) is 13.1. The summed E-state index contributed by atoms with van der Waals surface area (Å²) in [5, 5.41) is 20.4. The van der Waals surface area contributed by atoms with Gasteiger partial charge in [0.25, 0.3) is 5.91 Å². The van der Waals surface area contributed by atoms with Crippen LogP contribution in [0.2, 0.25) is 0 Å². The molecule has 178 valence electrons. The van der Waals surface area contributed by atoms with Crippen LogP contribution in [0.4, 0.5) is 10.5 Å². The molecule has 2 atom stereocenters. The molecule has 0 unspecified atom stereocenters. The Morgan fingerprint density at radius 1 is 1.03 bits per heavy atom. The first-order valence-corrected chi connectivity index (χ1v) is 10.0. The van der Waals surface area contributed by atoms with Gasteiger partial charge in [-0.05, 0) is 55.0 Å². The number of methoxy groups -OCH3 is 2. The van der Waals surface area contributed by atoms with Gasteiger partial charge in [0.2, 0.25) is 0 Å². The van der Waals surface area contributed by atoms with E-state index >= 15 is 0 Å². The predicted octanol–water partition coefficient (Wildman–Crippen LogP) is 2.82. The van der Waals surface area contributed by atoms with Gasteiger partial charge in [-0.2, -0.15) is 0 Å². The molecule has 2 rings (SSSR count). The number of aliphatic hydroxyl groups excluding tert-OH is 1. The van der Waals surface area contributed by atoms with Crippen molar-refractivity contribution in [3.8, 4) is 11.5 Å². The lowest BCUT2D eigenvalue weighted by Crippen LogP contribution is -2.28. The van der Waals surface area contributed by atoms with Gasteiger partial charge in [-0.15, -0.1) is 0 Å². The molecule has 2 amide bonds. The second-order valence-electron chi connectivity index (χ2n) is 6.81. The fourth-order valence-electron chi connectivity index (χ4n) is 2.87. The summed E-state index contributed by atoms with van der Waals surface area (Å²) in [6.45, 7) is 1.50. The van der Waals surface area contributed by atoms with Crippen LogP contribution in [0.5, 0.6) is 11.5 Å². The molecule has 2 aromatic carbocycles. The molecule has 0 aliphatic carbocycles. The molecule has 0 saturated carbocycles. The standard InChI is InChI=1S/C23H28N2O8/c1-15(22(27)25-29)14-20(31-3)21(16-4-8-19(9-5-16)32-13-12-26)33-23(28)24-17-6-10-18(30-2)11-7-17/h4-11,14,20-21,26,29H,12-13H2,1-3H3,(H,24,28)(H,25,27)/b15-14+/t20-,21-/m1/s1.